The molecule has 16 heavy (non-hydrogen) atoms. The summed E-state index contributed by atoms with van der Waals surface area (Å²) in [6.45, 7) is 0. The summed E-state index contributed by atoms with van der Waals surface area (Å²) in [4.78, 5) is 11.5. The van der Waals surface area contributed by atoms with Crippen molar-refractivity contribution in [2.45, 2.75) is 6.42 Å². The Bertz CT molecular complexity index is 430. The third kappa shape index (κ3) is 3.90. The Morgan fingerprint density at radius 3 is 2.38 bits per heavy atom. The van der Waals surface area contributed by atoms with Gasteiger partial charge in [-0.05, 0) is 12.1 Å². The highest BCUT2D eigenvalue weighted by atomic mass is 79.9. The highest BCUT2D eigenvalue weighted by Gasteiger charge is 2.11. The van der Waals surface area contributed by atoms with Crippen molar-refractivity contribution in [3.8, 4) is 0 Å². The van der Waals surface area contributed by atoms with Gasteiger partial charge in [-0.2, -0.15) is 0 Å². The van der Waals surface area contributed by atoms with Crippen molar-refractivity contribution >= 4 is 67.9 Å². The van der Waals surface area contributed by atoms with Gasteiger partial charge in [0.05, 0.1) is 27.1 Å². The summed E-state index contributed by atoms with van der Waals surface area (Å²) < 4.78 is 0.731. The highest BCUT2D eigenvalue weighted by Crippen LogP contribution is 2.33. The van der Waals surface area contributed by atoms with Crippen molar-refractivity contribution in [3.63, 3.8) is 0 Å². The smallest absolute Gasteiger partial charge is 0.231 e. The number of halogens is 3. The van der Waals surface area contributed by atoms with Crippen LogP contribution in [-0.4, -0.2) is 10.9 Å². The molecule has 0 unspecified atom stereocenters. The van der Waals surface area contributed by atoms with E-state index < -0.39 is 0 Å². The molecule has 0 heterocycles. The third-order valence-corrected chi connectivity index (χ3v) is 2.80. The molecule has 1 aromatic carbocycles. The van der Waals surface area contributed by atoms with Crippen LogP contribution in [-0.2, 0) is 4.79 Å². The molecule has 0 aliphatic carbocycles. The normalized spacial score (nSPS) is 9.94. The number of hydrogen-bond acceptors (Lipinski definition) is 2. The van der Waals surface area contributed by atoms with Crippen LogP contribution in [0.2, 0.25) is 10.0 Å². The molecular weight excluding hydrogens is 335 g/mol. The second-order valence-corrected chi connectivity index (χ2v) is 5.19. The van der Waals surface area contributed by atoms with Crippen molar-refractivity contribution in [1.29, 1.82) is 0 Å². The van der Waals surface area contributed by atoms with Gasteiger partial charge in [0.1, 0.15) is 0 Å². The Balaban J connectivity index is 2.89. The monoisotopic (exact) mass is 340 g/mol. The first-order valence-electron chi connectivity index (χ1n) is 4.13. The van der Waals surface area contributed by atoms with Gasteiger partial charge in [0, 0.05) is 4.47 Å². The predicted octanol–water partition coefficient (Wildman–Crippen LogP) is 3.37. The molecule has 3 nitrogen and oxygen atoms in total. The number of carbonyl (C=O) groups excluding carboxylic acids is 1. The summed E-state index contributed by atoms with van der Waals surface area (Å²) in [6, 6.07) is 3.26. The van der Waals surface area contributed by atoms with E-state index in [9.17, 15) is 4.79 Å². The standard InChI is InChI=1S/C9H7BrCl2N2OS/c10-4-1-5(11)9(6(12)2-4)14-8(15)3-7(13)16/h1-2H,3H2,(H2,13,16)(H,14,15). The molecule has 1 amide bonds. The van der Waals surface area contributed by atoms with Gasteiger partial charge in [-0.15, -0.1) is 0 Å². The summed E-state index contributed by atoms with van der Waals surface area (Å²) in [5, 5.41) is 3.23. The number of thiocarbonyl (C=S) groups is 1. The Morgan fingerprint density at radius 2 is 1.94 bits per heavy atom. The van der Waals surface area contributed by atoms with Crippen LogP contribution in [0.15, 0.2) is 16.6 Å². The lowest BCUT2D eigenvalue weighted by atomic mass is 10.3. The van der Waals surface area contributed by atoms with E-state index in [1.165, 1.54) is 0 Å². The Morgan fingerprint density at radius 1 is 1.44 bits per heavy atom. The van der Waals surface area contributed by atoms with Crippen molar-refractivity contribution in [2.24, 2.45) is 5.73 Å². The molecule has 7 heteroatoms. The molecule has 0 aromatic heterocycles. The fourth-order valence-electron chi connectivity index (χ4n) is 1.00. The van der Waals surface area contributed by atoms with Gasteiger partial charge < -0.3 is 11.1 Å². The average molecular weight is 342 g/mol. The molecule has 0 aliphatic rings. The van der Waals surface area contributed by atoms with Crippen molar-refractivity contribution in [1.82, 2.24) is 0 Å². The molecule has 0 saturated heterocycles. The number of hydrogen-bond donors (Lipinski definition) is 2. The van der Waals surface area contributed by atoms with Crippen LogP contribution in [0.5, 0.6) is 0 Å². The molecule has 1 rings (SSSR count). The molecule has 0 saturated carbocycles. The number of nitrogens with two attached hydrogens (primary N) is 1. The lowest BCUT2D eigenvalue weighted by Gasteiger charge is -2.09. The Kier molecular flexibility index (Phi) is 4.98. The first-order valence-corrected chi connectivity index (χ1v) is 6.08. The average Bonchev–Trinajstić information content (AvgIpc) is 2.09. The van der Waals surface area contributed by atoms with E-state index >= 15 is 0 Å². The number of benzene rings is 1. The van der Waals surface area contributed by atoms with Crippen LogP contribution >= 0.6 is 51.3 Å². The summed E-state index contributed by atoms with van der Waals surface area (Å²) >= 11 is 19.7. The number of carbonyl (C=O) groups is 1. The minimum absolute atomic E-state index is 0.0436. The van der Waals surface area contributed by atoms with E-state index in [0.29, 0.717) is 15.7 Å². The van der Waals surface area contributed by atoms with Crippen LogP contribution in [0.4, 0.5) is 5.69 Å². The molecule has 0 atom stereocenters. The Hall–Kier alpha value is -0.360. The fourth-order valence-corrected chi connectivity index (χ4v) is 2.44. The number of rotatable bonds is 3. The van der Waals surface area contributed by atoms with E-state index in [4.69, 9.17) is 28.9 Å². The Labute approximate surface area is 116 Å². The van der Waals surface area contributed by atoms with E-state index in [1.807, 2.05) is 0 Å². The van der Waals surface area contributed by atoms with E-state index in [0.717, 1.165) is 4.47 Å². The molecule has 0 radical (unpaired) electrons. The molecule has 86 valence electrons. The molecule has 0 spiro atoms. The molecule has 0 bridgehead atoms. The van der Waals surface area contributed by atoms with Crippen molar-refractivity contribution in [3.05, 3.63) is 26.7 Å². The van der Waals surface area contributed by atoms with E-state index in [1.54, 1.807) is 12.1 Å². The third-order valence-electron chi connectivity index (χ3n) is 1.61. The summed E-state index contributed by atoms with van der Waals surface area (Å²) in [7, 11) is 0. The van der Waals surface area contributed by atoms with Gasteiger partial charge in [-0.25, -0.2) is 0 Å². The van der Waals surface area contributed by atoms with Gasteiger partial charge >= 0.3 is 0 Å². The van der Waals surface area contributed by atoms with Crippen molar-refractivity contribution in [2.75, 3.05) is 5.32 Å². The molecular formula is C9H7BrCl2N2OS. The number of amides is 1. The highest BCUT2D eigenvalue weighted by molar-refractivity contribution is 9.10. The van der Waals surface area contributed by atoms with E-state index in [2.05, 4.69) is 33.5 Å². The molecule has 0 aliphatic heterocycles. The van der Waals surface area contributed by atoms with Crippen LogP contribution in [0, 0.1) is 0 Å². The topological polar surface area (TPSA) is 55.1 Å². The van der Waals surface area contributed by atoms with Crippen LogP contribution in [0.3, 0.4) is 0 Å². The minimum atomic E-state index is -0.348. The van der Waals surface area contributed by atoms with Gasteiger partial charge in [0.25, 0.3) is 0 Å². The first-order chi connectivity index (χ1) is 7.40. The molecule has 0 fully saturated rings. The second-order valence-electron chi connectivity index (χ2n) is 2.94. The lowest BCUT2D eigenvalue weighted by Crippen LogP contribution is -2.20. The fraction of sp³-hybridized carbons (Fsp3) is 0.111. The van der Waals surface area contributed by atoms with Crippen molar-refractivity contribution < 1.29 is 4.79 Å². The molecule has 1 aromatic rings. The zero-order chi connectivity index (χ0) is 12.3. The minimum Gasteiger partial charge on any atom is -0.393 e. The van der Waals surface area contributed by atoms with E-state index in [-0.39, 0.29) is 17.3 Å². The van der Waals surface area contributed by atoms with Crippen LogP contribution in [0.25, 0.3) is 0 Å². The van der Waals surface area contributed by atoms with Crippen LogP contribution in [0.1, 0.15) is 6.42 Å². The zero-order valence-electron chi connectivity index (χ0n) is 7.89. The number of anilines is 1. The van der Waals surface area contributed by atoms with Gasteiger partial charge in [0.15, 0.2) is 0 Å². The quantitative estimate of drug-likeness (QED) is 0.829. The number of nitrogens with one attached hydrogen (secondary N) is 1. The first kappa shape index (κ1) is 13.7. The predicted molar refractivity (Wildman–Crippen MR) is 74.2 cm³/mol. The van der Waals surface area contributed by atoms with Gasteiger partial charge in [-0.3, -0.25) is 4.79 Å². The maximum absolute atomic E-state index is 11.4. The molecule has 3 N–H and O–H groups in total. The summed E-state index contributed by atoms with van der Waals surface area (Å²) in [6.07, 6.45) is -0.0436. The largest absolute Gasteiger partial charge is 0.393 e. The SMILES string of the molecule is NC(=S)CC(=O)Nc1c(Cl)cc(Br)cc1Cl. The van der Waals surface area contributed by atoms with Gasteiger partial charge in [-0.1, -0.05) is 51.3 Å². The maximum Gasteiger partial charge on any atom is 0.231 e. The van der Waals surface area contributed by atoms with Gasteiger partial charge in [0.2, 0.25) is 5.91 Å². The zero-order valence-corrected chi connectivity index (χ0v) is 11.8. The summed E-state index contributed by atoms with van der Waals surface area (Å²) in [5.41, 5.74) is 5.60. The van der Waals surface area contributed by atoms with Crippen LogP contribution < -0.4 is 11.1 Å². The second kappa shape index (κ2) is 5.82. The lowest BCUT2D eigenvalue weighted by molar-refractivity contribution is -0.115. The summed E-state index contributed by atoms with van der Waals surface area (Å²) in [5.74, 6) is -0.348. The maximum atomic E-state index is 11.4.